The fraction of sp³-hybridized carbons (Fsp3) is 0.0154. The van der Waals surface area contributed by atoms with E-state index in [1.165, 1.54) is 54.1 Å². The van der Waals surface area contributed by atoms with Crippen molar-refractivity contribution in [3.63, 3.8) is 0 Å². The van der Waals surface area contributed by atoms with E-state index in [2.05, 4.69) is 272 Å². The van der Waals surface area contributed by atoms with Gasteiger partial charge in [-0.3, -0.25) is 0 Å². The van der Waals surface area contributed by atoms with Crippen LogP contribution in [0.4, 0.5) is 17.1 Å². The summed E-state index contributed by atoms with van der Waals surface area (Å²) in [6.07, 6.45) is 0. The Morgan fingerprint density at radius 1 is 0.324 bits per heavy atom. The third-order valence-electron chi connectivity index (χ3n) is 14.5. The minimum absolute atomic E-state index is 0.546. The van der Waals surface area contributed by atoms with Gasteiger partial charge in [-0.1, -0.05) is 224 Å². The molecule has 0 spiro atoms. The van der Waals surface area contributed by atoms with Crippen LogP contribution in [0.1, 0.15) is 22.3 Å². The minimum atomic E-state index is -2.77. The Kier molecular flexibility index (Phi) is 9.45. The fourth-order valence-corrected chi connectivity index (χ4v) is 16.3. The molecule has 0 N–H and O–H groups in total. The first-order valence-corrected chi connectivity index (χ1v) is 25.5. The first-order valence-electron chi connectivity index (χ1n) is 23.5. The quantitative estimate of drug-likeness (QED) is 0.106. The average molecular weight is 884 g/mol. The second-order valence-corrected chi connectivity index (χ2v) is 21.7. The molecule has 2 nitrogen and oxygen atoms in total. The molecule has 12 aromatic rings. The van der Waals surface area contributed by atoms with E-state index in [0.29, 0.717) is 0 Å². The van der Waals surface area contributed by atoms with Gasteiger partial charge in [-0.25, -0.2) is 0 Å². The number of fused-ring (bicyclic) bond motifs is 8. The summed E-state index contributed by atoms with van der Waals surface area (Å²) in [6.45, 7) is 0. The van der Waals surface area contributed by atoms with Crippen molar-refractivity contribution in [2.45, 2.75) is 5.41 Å². The number of nitrogens with zero attached hydrogens (tertiary/aromatic N) is 1. The van der Waals surface area contributed by atoms with Crippen molar-refractivity contribution in [1.29, 1.82) is 0 Å². The van der Waals surface area contributed by atoms with Crippen LogP contribution in [0, 0.1) is 0 Å². The van der Waals surface area contributed by atoms with E-state index in [1.54, 1.807) is 0 Å². The Labute approximate surface area is 397 Å². The Morgan fingerprint density at radius 3 is 1.43 bits per heavy atom. The lowest BCUT2D eigenvalue weighted by Gasteiger charge is -2.35. The van der Waals surface area contributed by atoms with Crippen LogP contribution in [0.5, 0.6) is 0 Å². The highest BCUT2D eigenvalue weighted by atomic mass is 28.3. The van der Waals surface area contributed by atoms with Gasteiger partial charge in [-0.15, -0.1) is 0 Å². The summed E-state index contributed by atoms with van der Waals surface area (Å²) in [5.41, 5.74) is 12.0. The SMILES string of the molecule is c1ccc(C2(c3ccccc3)c3ccccc3-c3ccc(N(c4ccc([Si](c5ccccc5)(c5ccccc5)c5ccccc5)cc4)c4ccc5ccc6c7ccccc7oc6c5c4)cc32)cc1. The molecule has 1 aliphatic rings. The average Bonchev–Trinajstić information content (AvgIpc) is 3.95. The molecule has 320 valence electrons. The molecule has 0 aliphatic heterocycles. The van der Waals surface area contributed by atoms with Crippen molar-refractivity contribution in [3.05, 3.63) is 295 Å². The maximum Gasteiger partial charge on any atom is 0.179 e. The second kappa shape index (κ2) is 16.1. The van der Waals surface area contributed by atoms with E-state index in [9.17, 15) is 0 Å². The van der Waals surface area contributed by atoms with Gasteiger partial charge in [0, 0.05) is 33.2 Å². The van der Waals surface area contributed by atoms with Crippen molar-refractivity contribution in [1.82, 2.24) is 0 Å². The van der Waals surface area contributed by atoms with Crippen LogP contribution in [0.25, 0.3) is 43.8 Å². The van der Waals surface area contributed by atoms with Gasteiger partial charge < -0.3 is 9.32 Å². The van der Waals surface area contributed by atoms with Crippen LogP contribution >= 0.6 is 0 Å². The van der Waals surface area contributed by atoms with E-state index < -0.39 is 13.5 Å². The van der Waals surface area contributed by atoms with Crippen molar-refractivity contribution >= 4 is 78.6 Å². The number of furan rings is 1. The maximum atomic E-state index is 6.70. The molecule has 1 aliphatic carbocycles. The predicted octanol–water partition coefficient (Wildman–Crippen LogP) is 13.9. The van der Waals surface area contributed by atoms with Crippen molar-refractivity contribution in [3.8, 4) is 11.1 Å². The molecule has 3 heteroatoms. The van der Waals surface area contributed by atoms with E-state index >= 15 is 0 Å². The summed E-state index contributed by atoms with van der Waals surface area (Å²) in [5, 5.41) is 9.84. The number of hydrogen-bond donors (Lipinski definition) is 0. The summed E-state index contributed by atoms with van der Waals surface area (Å²) in [5.74, 6) is 0. The normalized spacial score (nSPS) is 12.8. The lowest BCUT2D eigenvalue weighted by atomic mass is 9.67. The molecule has 0 radical (unpaired) electrons. The lowest BCUT2D eigenvalue weighted by molar-refractivity contribution is 0.672. The van der Waals surface area contributed by atoms with Gasteiger partial charge in [-0.05, 0) is 108 Å². The minimum Gasteiger partial charge on any atom is -0.455 e. The van der Waals surface area contributed by atoms with E-state index in [4.69, 9.17) is 4.42 Å². The van der Waals surface area contributed by atoms with Crippen LogP contribution in [0.3, 0.4) is 0 Å². The van der Waals surface area contributed by atoms with Gasteiger partial charge in [0.15, 0.2) is 8.07 Å². The largest absolute Gasteiger partial charge is 0.455 e. The first-order chi connectivity index (χ1) is 33.7. The Morgan fingerprint density at radius 2 is 0.794 bits per heavy atom. The van der Waals surface area contributed by atoms with Crippen LogP contribution in [-0.2, 0) is 5.41 Å². The number of anilines is 3. The number of hydrogen-bond acceptors (Lipinski definition) is 2. The summed E-state index contributed by atoms with van der Waals surface area (Å²) < 4.78 is 6.70. The molecular formula is C65H45NOSi. The smallest absolute Gasteiger partial charge is 0.179 e. The monoisotopic (exact) mass is 883 g/mol. The molecule has 0 amide bonds. The zero-order chi connectivity index (χ0) is 45.1. The van der Waals surface area contributed by atoms with Gasteiger partial charge in [0.2, 0.25) is 0 Å². The topological polar surface area (TPSA) is 16.4 Å². The van der Waals surface area contributed by atoms with Crippen molar-refractivity contribution < 1.29 is 4.42 Å². The van der Waals surface area contributed by atoms with Gasteiger partial charge in [0.25, 0.3) is 0 Å². The molecule has 68 heavy (non-hydrogen) atoms. The molecular weight excluding hydrogens is 839 g/mol. The van der Waals surface area contributed by atoms with Crippen LogP contribution in [0.2, 0.25) is 0 Å². The summed E-state index contributed by atoms with van der Waals surface area (Å²) in [6, 6.07) is 101. The van der Waals surface area contributed by atoms with E-state index in [-0.39, 0.29) is 0 Å². The van der Waals surface area contributed by atoms with E-state index in [1.807, 2.05) is 6.07 Å². The van der Waals surface area contributed by atoms with E-state index in [0.717, 1.165) is 49.8 Å². The van der Waals surface area contributed by atoms with Gasteiger partial charge in [0.1, 0.15) is 11.2 Å². The summed E-state index contributed by atoms with van der Waals surface area (Å²) in [7, 11) is -2.77. The zero-order valence-electron chi connectivity index (χ0n) is 37.3. The summed E-state index contributed by atoms with van der Waals surface area (Å²) in [4.78, 5) is 2.45. The fourth-order valence-electron chi connectivity index (χ4n) is 11.6. The molecule has 0 fully saturated rings. The molecule has 11 aromatic carbocycles. The predicted molar refractivity (Wildman–Crippen MR) is 287 cm³/mol. The zero-order valence-corrected chi connectivity index (χ0v) is 38.3. The first kappa shape index (κ1) is 39.8. The molecule has 1 heterocycles. The van der Waals surface area contributed by atoms with Gasteiger partial charge in [0.05, 0.1) is 5.41 Å². The second-order valence-electron chi connectivity index (χ2n) is 17.9. The van der Waals surface area contributed by atoms with Crippen molar-refractivity contribution in [2.75, 3.05) is 4.90 Å². The molecule has 0 bridgehead atoms. The molecule has 0 unspecified atom stereocenters. The third-order valence-corrected chi connectivity index (χ3v) is 19.3. The lowest BCUT2D eigenvalue weighted by Crippen LogP contribution is -2.74. The molecule has 13 rings (SSSR count). The van der Waals surface area contributed by atoms with Crippen LogP contribution in [-0.4, -0.2) is 8.07 Å². The highest BCUT2D eigenvalue weighted by Gasteiger charge is 2.46. The van der Waals surface area contributed by atoms with Gasteiger partial charge in [-0.2, -0.15) is 0 Å². The van der Waals surface area contributed by atoms with Crippen LogP contribution in [0.15, 0.2) is 277 Å². The third kappa shape index (κ3) is 6.03. The Balaban J connectivity index is 1.07. The molecule has 0 atom stereocenters. The van der Waals surface area contributed by atoms with Crippen LogP contribution < -0.4 is 25.6 Å². The maximum absolute atomic E-state index is 6.70. The molecule has 1 aromatic heterocycles. The highest BCUT2D eigenvalue weighted by Crippen LogP contribution is 2.57. The Hall–Kier alpha value is -8.50. The Bertz CT molecular complexity index is 3640. The van der Waals surface area contributed by atoms with Crippen molar-refractivity contribution in [2.24, 2.45) is 0 Å². The van der Waals surface area contributed by atoms with Gasteiger partial charge >= 0.3 is 0 Å². The molecule has 0 saturated heterocycles. The standard InChI is InChI=1S/C65H45NOSi/c1-6-20-47(21-7-1)65(48-22-8-2-9-23-48)61-32-18-16-30-56(61)57-43-39-51(45-62(57)65)66(50-36-34-46-35-42-59-58-31-17-19-33-63(58)67-64(59)60(46)44-50)49-37-40-55(41-38-49)68(52-24-10-3-11-25-52,53-26-12-4-13-27-53)54-28-14-5-15-29-54/h1-45H. The molecule has 0 saturated carbocycles. The highest BCUT2D eigenvalue weighted by molar-refractivity contribution is 7.19. The number of rotatable bonds is 9. The number of benzene rings is 11. The summed E-state index contributed by atoms with van der Waals surface area (Å²) >= 11 is 0. The number of para-hydroxylation sites is 1.